The molecule has 0 saturated carbocycles. The summed E-state index contributed by atoms with van der Waals surface area (Å²) in [7, 11) is 0. The van der Waals surface area contributed by atoms with Crippen LogP contribution in [0.3, 0.4) is 0 Å². The molecule has 2 aromatic heterocycles. The van der Waals surface area contributed by atoms with Crippen molar-refractivity contribution in [2.24, 2.45) is 0 Å². The zero-order valence-electron chi connectivity index (χ0n) is 11.8. The van der Waals surface area contributed by atoms with Crippen molar-refractivity contribution >= 4 is 5.82 Å². The predicted molar refractivity (Wildman–Crippen MR) is 83.7 cm³/mol. The second-order valence-corrected chi connectivity index (χ2v) is 5.11. The van der Waals surface area contributed by atoms with Crippen molar-refractivity contribution in [3.05, 3.63) is 59.8 Å². The van der Waals surface area contributed by atoms with Crippen LogP contribution >= 0.6 is 0 Å². The highest BCUT2D eigenvalue weighted by molar-refractivity contribution is 5.71. The maximum atomic E-state index is 9.33. The number of nitrogens with zero attached hydrogens (tertiary/aromatic N) is 4. The normalized spacial score (nSPS) is 12.5. The summed E-state index contributed by atoms with van der Waals surface area (Å²) in [6.45, 7) is 0.877. The molecular formula is C17H13N5. The first-order valence-electron chi connectivity index (χ1n) is 7.15. The summed E-state index contributed by atoms with van der Waals surface area (Å²) >= 11 is 0. The summed E-state index contributed by atoms with van der Waals surface area (Å²) < 4.78 is 1.82. The van der Waals surface area contributed by atoms with Crippen molar-refractivity contribution in [3.63, 3.8) is 0 Å². The molecule has 0 atom stereocenters. The molecular weight excluding hydrogens is 274 g/mol. The Hall–Kier alpha value is -3.13. The molecule has 4 rings (SSSR count). The van der Waals surface area contributed by atoms with Gasteiger partial charge in [-0.05, 0) is 30.7 Å². The molecule has 106 valence electrons. The van der Waals surface area contributed by atoms with E-state index >= 15 is 0 Å². The number of benzene rings is 1. The van der Waals surface area contributed by atoms with Gasteiger partial charge in [0, 0.05) is 18.3 Å². The molecule has 1 aliphatic rings. The van der Waals surface area contributed by atoms with Crippen LogP contribution in [0.4, 0.5) is 5.82 Å². The van der Waals surface area contributed by atoms with E-state index in [0.29, 0.717) is 5.56 Å². The Kier molecular flexibility index (Phi) is 2.87. The first-order valence-corrected chi connectivity index (χ1v) is 7.15. The third-order valence-electron chi connectivity index (χ3n) is 3.81. The number of nitrogens with one attached hydrogen (secondary N) is 1. The van der Waals surface area contributed by atoms with Crippen molar-refractivity contribution in [2.75, 3.05) is 11.9 Å². The van der Waals surface area contributed by atoms with E-state index < -0.39 is 0 Å². The lowest BCUT2D eigenvalue weighted by Gasteiger charge is -2.07. The van der Waals surface area contributed by atoms with E-state index in [1.54, 1.807) is 12.3 Å². The average Bonchev–Trinajstić information content (AvgIpc) is 3.18. The molecule has 0 fully saturated rings. The van der Waals surface area contributed by atoms with E-state index in [1.807, 2.05) is 41.1 Å². The summed E-state index contributed by atoms with van der Waals surface area (Å²) in [5.41, 5.74) is 4.29. The lowest BCUT2D eigenvalue weighted by molar-refractivity contribution is 0.877. The quantitative estimate of drug-likeness (QED) is 0.787. The molecule has 1 N–H and O–H groups in total. The lowest BCUT2D eigenvalue weighted by atomic mass is 10.1. The molecule has 1 aliphatic heterocycles. The zero-order chi connectivity index (χ0) is 14.9. The van der Waals surface area contributed by atoms with Crippen molar-refractivity contribution in [3.8, 4) is 23.1 Å². The molecule has 0 saturated heterocycles. The average molecular weight is 287 g/mol. The van der Waals surface area contributed by atoms with E-state index in [2.05, 4.69) is 16.4 Å². The van der Waals surface area contributed by atoms with Crippen LogP contribution in [0, 0.1) is 11.3 Å². The number of hydrogen-bond acceptors (Lipinski definition) is 4. The first-order chi connectivity index (χ1) is 10.9. The van der Waals surface area contributed by atoms with Crippen molar-refractivity contribution < 1.29 is 0 Å². The molecule has 0 bridgehead atoms. The molecule has 0 aliphatic carbocycles. The second kappa shape index (κ2) is 5.01. The Labute approximate surface area is 127 Å². The van der Waals surface area contributed by atoms with Gasteiger partial charge < -0.3 is 5.32 Å². The lowest BCUT2D eigenvalue weighted by Crippen LogP contribution is -2.05. The molecule has 0 radical (unpaired) electrons. The van der Waals surface area contributed by atoms with Crippen LogP contribution in [-0.2, 0) is 6.42 Å². The van der Waals surface area contributed by atoms with Crippen LogP contribution in [0.15, 0.2) is 48.7 Å². The standard InChI is InChI=1S/C17H13N5/c18-11-12-5-1-2-7-15(12)22-17-13(8-10-20-17)16(21-22)14-6-3-4-9-19-14/h1-7,9,20H,8,10H2. The third-order valence-corrected chi connectivity index (χ3v) is 3.81. The summed E-state index contributed by atoms with van der Waals surface area (Å²) in [4.78, 5) is 4.41. The van der Waals surface area contributed by atoms with Crippen molar-refractivity contribution in [1.82, 2.24) is 14.8 Å². The summed E-state index contributed by atoms with van der Waals surface area (Å²) in [5.74, 6) is 0.961. The van der Waals surface area contributed by atoms with E-state index in [-0.39, 0.29) is 0 Å². The molecule has 0 spiro atoms. The van der Waals surface area contributed by atoms with Crippen LogP contribution in [0.1, 0.15) is 11.1 Å². The van der Waals surface area contributed by atoms with Gasteiger partial charge in [-0.15, -0.1) is 0 Å². The van der Waals surface area contributed by atoms with Gasteiger partial charge in [-0.3, -0.25) is 4.98 Å². The summed E-state index contributed by atoms with van der Waals surface area (Å²) in [6.07, 6.45) is 2.68. The molecule has 0 amide bonds. The van der Waals surface area contributed by atoms with Crippen LogP contribution in [0.2, 0.25) is 0 Å². The SMILES string of the molecule is N#Cc1ccccc1-n1nc(-c2ccccn2)c2c1NCC2. The number of nitriles is 1. The molecule has 3 heterocycles. The number of anilines is 1. The second-order valence-electron chi connectivity index (χ2n) is 5.11. The highest BCUT2D eigenvalue weighted by atomic mass is 15.3. The van der Waals surface area contributed by atoms with Crippen molar-refractivity contribution in [1.29, 1.82) is 5.26 Å². The van der Waals surface area contributed by atoms with Crippen LogP contribution < -0.4 is 5.32 Å². The number of pyridine rings is 1. The molecule has 1 aromatic carbocycles. The number of rotatable bonds is 2. The molecule has 5 heteroatoms. The highest BCUT2D eigenvalue weighted by Gasteiger charge is 2.25. The fourth-order valence-electron chi connectivity index (χ4n) is 2.81. The van der Waals surface area contributed by atoms with Gasteiger partial charge in [-0.1, -0.05) is 18.2 Å². The Balaban J connectivity index is 1.94. The van der Waals surface area contributed by atoms with Gasteiger partial charge in [0.15, 0.2) is 0 Å². The third kappa shape index (κ3) is 1.85. The van der Waals surface area contributed by atoms with Gasteiger partial charge in [0.25, 0.3) is 0 Å². The minimum absolute atomic E-state index is 0.606. The van der Waals surface area contributed by atoms with Gasteiger partial charge in [0.1, 0.15) is 17.6 Å². The minimum Gasteiger partial charge on any atom is -0.369 e. The van der Waals surface area contributed by atoms with Gasteiger partial charge in [-0.25, -0.2) is 4.68 Å². The topological polar surface area (TPSA) is 66.5 Å². The van der Waals surface area contributed by atoms with Crippen molar-refractivity contribution in [2.45, 2.75) is 6.42 Å². The van der Waals surface area contributed by atoms with E-state index in [4.69, 9.17) is 5.10 Å². The molecule has 0 unspecified atom stereocenters. The molecule has 22 heavy (non-hydrogen) atoms. The maximum Gasteiger partial charge on any atom is 0.133 e. The van der Waals surface area contributed by atoms with E-state index in [0.717, 1.165) is 41.4 Å². The Morgan fingerprint density at radius 2 is 2.00 bits per heavy atom. The van der Waals surface area contributed by atoms with Gasteiger partial charge >= 0.3 is 0 Å². The van der Waals surface area contributed by atoms with Crippen LogP contribution in [-0.4, -0.2) is 21.3 Å². The predicted octanol–water partition coefficient (Wildman–Crippen LogP) is 2.77. The van der Waals surface area contributed by atoms with E-state index in [1.165, 1.54) is 0 Å². The van der Waals surface area contributed by atoms with Crippen LogP contribution in [0.25, 0.3) is 17.1 Å². The fraction of sp³-hybridized carbons (Fsp3) is 0.118. The monoisotopic (exact) mass is 287 g/mol. The first kappa shape index (κ1) is 12.6. The smallest absolute Gasteiger partial charge is 0.133 e. The van der Waals surface area contributed by atoms with Gasteiger partial charge in [0.2, 0.25) is 0 Å². The minimum atomic E-state index is 0.606. The van der Waals surface area contributed by atoms with Gasteiger partial charge in [0.05, 0.1) is 16.9 Å². The maximum absolute atomic E-state index is 9.33. The number of hydrogen-bond donors (Lipinski definition) is 1. The fourth-order valence-corrected chi connectivity index (χ4v) is 2.81. The number of aromatic nitrogens is 3. The number of fused-ring (bicyclic) bond motifs is 1. The zero-order valence-corrected chi connectivity index (χ0v) is 11.8. The molecule has 3 aromatic rings. The summed E-state index contributed by atoms with van der Waals surface area (Å²) in [5, 5.41) is 17.4. The van der Waals surface area contributed by atoms with E-state index in [9.17, 15) is 5.26 Å². The van der Waals surface area contributed by atoms with Crippen LogP contribution in [0.5, 0.6) is 0 Å². The Morgan fingerprint density at radius 3 is 2.82 bits per heavy atom. The highest BCUT2D eigenvalue weighted by Crippen LogP contribution is 2.34. The summed E-state index contributed by atoms with van der Waals surface area (Å²) in [6, 6.07) is 15.5. The molecule has 5 nitrogen and oxygen atoms in total. The van der Waals surface area contributed by atoms with Gasteiger partial charge in [-0.2, -0.15) is 10.4 Å². The Bertz CT molecular complexity index is 874. The largest absolute Gasteiger partial charge is 0.369 e. The number of para-hydroxylation sites is 1. The Morgan fingerprint density at radius 1 is 1.14 bits per heavy atom.